The molecule has 0 unspecified atom stereocenters. The molecule has 1 N–H and O–H groups in total. The summed E-state index contributed by atoms with van der Waals surface area (Å²) in [6.07, 6.45) is 0.903. The Hall–Kier alpha value is -2.91. The number of nitrogens with zero attached hydrogens (tertiary/aromatic N) is 1. The molecule has 2 aromatic carbocycles. The summed E-state index contributed by atoms with van der Waals surface area (Å²) in [4.78, 5) is 24.2. The van der Waals surface area contributed by atoms with Gasteiger partial charge in [-0.25, -0.2) is 8.42 Å². The first-order chi connectivity index (χ1) is 15.3. The molecule has 9 heteroatoms. The van der Waals surface area contributed by atoms with Crippen molar-refractivity contribution in [3.8, 4) is 5.75 Å². The molecule has 2 aromatic rings. The Morgan fingerprint density at radius 1 is 0.969 bits per heavy atom. The minimum absolute atomic E-state index is 0.0585. The SMILES string of the molecule is CCc1cccc(OCCOC(=O)CNC(=O)c2ccc(S(=O)(=O)N(CC)CC)cc2)c1. The Bertz CT molecular complexity index is 1000. The van der Waals surface area contributed by atoms with E-state index >= 15 is 0 Å². The van der Waals surface area contributed by atoms with Crippen molar-refractivity contribution >= 4 is 21.9 Å². The van der Waals surface area contributed by atoms with Crippen LogP contribution in [0.3, 0.4) is 0 Å². The maximum Gasteiger partial charge on any atom is 0.325 e. The van der Waals surface area contributed by atoms with E-state index in [1.54, 1.807) is 13.8 Å². The lowest BCUT2D eigenvalue weighted by atomic mass is 10.2. The van der Waals surface area contributed by atoms with Gasteiger partial charge in [-0.05, 0) is 48.4 Å². The summed E-state index contributed by atoms with van der Waals surface area (Å²) in [7, 11) is -3.59. The topological polar surface area (TPSA) is 102 Å². The second kappa shape index (κ2) is 12.2. The van der Waals surface area contributed by atoms with Crippen LogP contribution in [0.25, 0.3) is 0 Å². The van der Waals surface area contributed by atoms with E-state index in [-0.39, 0.29) is 30.2 Å². The van der Waals surface area contributed by atoms with Crippen LogP contribution in [-0.2, 0) is 26.0 Å². The molecule has 0 aliphatic heterocycles. The van der Waals surface area contributed by atoms with E-state index in [4.69, 9.17) is 9.47 Å². The number of hydrogen-bond acceptors (Lipinski definition) is 6. The van der Waals surface area contributed by atoms with E-state index < -0.39 is 21.9 Å². The fourth-order valence-electron chi connectivity index (χ4n) is 2.97. The van der Waals surface area contributed by atoms with Gasteiger partial charge in [0.1, 0.15) is 25.5 Å². The maximum atomic E-state index is 12.5. The van der Waals surface area contributed by atoms with Crippen LogP contribution >= 0.6 is 0 Å². The molecule has 0 aliphatic carbocycles. The fourth-order valence-corrected chi connectivity index (χ4v) is 4.42. The van der Waals surface area contributed by atoms with Gasteiger partial charge < -0.3 is 14.8 Å². The van der Waals surface area contributed by atoms with E-state index in [9.17, 15) is 18.0 Å². The first kappa shape index (κ1) is 25.4. The molecule has 0 spiro atoms. The van der Waals surface area contributed by atoms with Crippen molar-refractivity contribution in [2.75, 3.05) is 32.8 Å². The Labute approximate surface area is 189 Å². The molecular weight excluding hydrogens is 432 g/mol. The number of nitrogens with one attached hydrogen (secondary N) is 1. The fraction of sp³-hybridized carbons (Fsp3) is 0.391. The summed E-state index contributed by atoms with van der Waals surface area (Å²) >= 11 is 0. The molecule has 2 rings (SSSR count). The van der Waals surface area contributed by atoms with Crippen LogP contribution in [0.15, 0.2) is 53.4 Å². The number of aryl methyl sites for hydroxylation is 1. The zero-order valence-electron chi connectivity index (χ0n) is 18.7. The largest absolute Gasteiger partial charge is 0.490 e. The van der Waals surface area contributed by atoms with Crippen molar-refractivity contribution in [3.63, 3.8) is 0 Å². The lowest BCUT2D eigenvalue weighted by Gasteiger charge is -2.18. The summed E-state index contributed by atoms with van der Waals surface area (Å²) in [6.45, 7) is 6.26. The van der Waals surface area contributed by atoms with E-state index in [2.05, 4.69) is 12.2 Å². The third-order valence-corrected chi connectivity index (χ3v) is 6.84. The van der Waals surface area contributed by atoms with Crippen LogP contribution in [0.4, 0.5) is 0 Å². The maximum absolute atomic E-state index is 12.5. The first-order valence-electron chi connectivity index (χ1n) is 10.6. The normalized spacial score (nSPS) is 11.2. The summed E-state index contributed by atoms with van der Waals surface area (Å²) < 4.78 is 36.9. The standard InChI is InChI=1S/C23H30N2O6S/c1-4-18-8-7-9-20(16-18)30-14-15-31-22(26)17-24-23(27)19-10-12-21(13-11-19)32(28,29)25(5-2)6-3/h7-13,16H,4-6,14-15,17H2,1-3H3,(H,24,27). The molecule has 0 atom stereocenters. The number of esters is 1. The Morgan fingerprint density at radius 3 is 2.28 bits per heavy atom. The van der Waals surface area contributed by atoms with Crippen molar-refractivity contribution in [1.29, 1.82) is 0 Å². The molecule has 0 aromatic heterocycles. The van der Waals surface area contributed by atoms with E-state index in [0.717, 1.165) is 12.0 Å². The lowest BCUT2D eigenvalue weighted by Crippen LogP contribution is -2.32. The van der Waals surface area contributed by atoms with E-state index in [1.807, 2.05) is 24.3 Å². The summed E-state index contributed by atoms with van der Waals surface area (Å²) in [5.74, 6) is -0.383. The molecular formula is C23H30N2O6S. The molecule has 0 saturated heterocycles. The molecule has 32 heavy (non-hydrogen) atoms. The molecule has 0 saturated carbocycles. The molecule has 1 amide bonds. The highest BCUT2D eigenvalue weighted by atomic mass is 32.2. The predicted molar refractivity (Wildman–Crippen MR) is 121 cm³/mol. The first-order valence-corrected chi connectivity index (χ1v) is 12.0. The van der Waals surface area contributed by atoms with Gasteiger partial charge in [0.25, 0.3) is 5.91 Å². The van der Waals surface area contributed by atoms with Gasteiger partial charge in [-0.2, -0.15) is 4.31 Å². The van der Waals surface area contributed by atoms with E-state index in [0.29, 0.717) is 18.8 Å². The van der Waals surface area contributed by atoms with Crippen LogP contribution in [0.1, 0.15) is 36.7 Å². The molecule has 0 aliphatic rings. The minimum atomic E-state index is -3.59. The highest BCUT2D eigenvalue weighted by Gasteiger charge is 2.21. The van der Waals surface area contributed by atoms with Crippen molar-refractivity contribution in [3.05, 3.63) is 59.7 Å². The number of carbonyl (C=O) groups excluding carboxylic acids is 2. The summed E-state index contributed by atoms with van der Waals surface area (Å²) in [5, 5.41) is 2.46. The Kier molecular flexibility index (Phi) is 9.67. The number of carbonyl (C=O) groups is 2. The minimum Gasteiger partial charge on any atom is -0.490 e. The summed E-state index contributed by atoms with van der Waals surface area (Å²) in [6, 6.07) is 13.3. The van der Waals surface area contributed by atoms with Crippen LogP contribution in [0.5, 0.6) is 5.75 Å². The van der Waals surface area contributed by atoms with Crippen molar-refractivity contribution in [2.24, 2.45) is 0 Å². The number of amides is 1. The average molecular weight is 463 g/mol. The predicted octanol–water partition coefficient (Wildman–Crippen LogP) is 2.63. The second-order valence-corrected chi connectivity index (χ2v) is 8.80. The molecule has 0 radical (unpaired) electrons. The highest BCUT2D eigenvalue weighted by molar-refractivity contribution is 7.89. The molecule has 8 nitrogen and oxygen atoms in total. The molecule has 0 fully saturated rings. The number of benzene rings is 2. The number of sulfonamides is 1. The highest BCUT2D eigenvalue weighted by Crippen LogP contribution is 2.16. The van der Waals surface area contributed by atoms with E-state index in [1.165, 1.54) is 28.6 Å². The third kappa shape index (κ3) is 7.06. The molecule has 0 bridgehead atoms. The van der Waals surface area contributed by atoms with Gasteiger partial charge in [0.05, 0.1) is 4.90 Å². The van der Waals surface area contributed by atoms with Crippen LogP contribution in [0.2, 0.25) is 0 Å². The van der Waals surface area contributed by atoms with Crippen molar-refractivity contribution < 1.29 is 27.5 Å². The van der Waals surface area contributed by atoms with Crippen LogP contribution in [0, 0.1) is 0 Å². The Balaban J connectivity index is 1.77. The number of hydrogen-bond donors (Lipinski definition) is 1. The molecule has 174 valence electrons. The van der Waals surface area contributed by atoms with Gasteiger partial charge in [0, 0.05) is 18.7 Å². The lowest BCUT2D eigenvalue weighted by molar-refractivity contribution is -0.143. The monoisotopic (exact) mass is 462 g/mol. The number of ether oxygens (including phenoxy) is 2. The Morgan fingerprint density at radius 2 is 1.66 bits per heavy atom. The third-order valence-electron chi connectivity index (χ3n) is 4.77. The zero-order chi connectivity index (χ0) is 23.6. The van der Waals surface area contributed by atoms with Crippen LogP contribution in [-0.4, -0.2) is 57.4 Å². The number of rotatable bonds is 12. The summed E-state index contributed by atoms with van der Waals surface area (Å²) in [5.41, 5.74) is 1.40. The quantitative estimate of drug-likeness (QED) is 0.384. The van der Waals surface area contributed by atoms with Gasteiger partial charge in [0.2, 0.25) is 10.0 Å². The van der Waals surface area contributed by atoms with Crippen molar-refractivity contribution in [2.45, 2.75) is 32.1 Å². The van der Waals surface area contributed by atoms with Gasteiger partial charge in [-0.3, -0.25) is 9.59 Å². The van der Waals surface area contributed by atoms with Gasteiger partial charge in [0.15, 0.2) is 0 Å². The van der Waals surface area contributed by atoms with Gasteiger partial charge >= 0.3 is 5.97 Å². The second-order valence-electron chi connectivity index (χ2n) is 6.87. The van der Waals surface area contributed by atoms with Gasteiger partial charge in [-0.15, -0.1) is 0 Å². The average Bonchev–Trinajstić information content (AvgIpc) is 2.81. The zero-order valence-corrected chi connectivity index (χ0v) is 19.5. The van der Waals surface area contributed by atoms with Crippen molar-refractivity contribution in [1.82, 2.24) is 9.62 Å². The van der Waals surface area contributed by atoms with Gasteiger partial charge in [-0.1, -0.05) is 32.9 Å². The van der Waals surface area contributed by atoms with Crippen LogP contribution < -0.4 is 10.1 Å². The smallest absolute Gasteiger partial charge is 0.325 e. The molecule has 0 heterocycles.